The van der Waals surface area contributed by atoms with Crippen LogP contribution in [0.15, 0.2) is 120 Å². The lowest BCUT2D eigenvalue weighted by atomic mass is 9.90. The lowest BCUT2D eigenvalue weighted by Gasteiger charge is -2.25. The van der Waals surface area contributed by atoms with Gasteiger partial charge in [-0.3, -0.25) is 4.79 Å². The van der Waals surface area contributed by atoms with Crippen LogP contribution in [-0.2, 0) is 21.4 Å². The predicted molar refractivity (Wildman–Crippen MR) is 164 cm³/mol. The normalized spacial score (nSPS) is 16.6. The molecular weight excluding hydrogens is 537 g/mol. The maximum absolute atomic E-state index is 13.7. The van der Waals surface area contributed by atoms with Gasteiger partial charge in [0.25, 0.3) is 0 Å². The molecule has 1 heterocycles. The number of carbonyl (C=O) groups excluding carboxylic acids is 1. The third-order valence-corrected chi connectivity index (χ3v) is 10.5. The number of benzene rings is 4. The number of hydrogen-bond acceptors (Lipinski definition) is 5. The Balaban J connectivity index is 1.26. The number of carbonyl (C=O) groups is 1. The molecule has 1 aliphatic rings. The first kappa shape index (κ1) is 28.3. The molecule has 7 heteroatoms. The van der Waals surface area contributed by atoms with Crippen LogP contribution in [-0.4, -0.2) is 42.7 Å². The second kappa shape index (κ2) is 13.4. The molecule has 0 aromatic heterocycles. The molecule has 2 unspecified atom stereocenters. The van der Waals surface area contributed by atoms with Gasteiger partial charge in [0.05, 0.1) is 4.90 Å². The van der Waals surface area contributed by atoms with Crippen molar-refractivity contribution in [1.82, 2.24) is 9.62 Å². The largest absolute Gasteiger partial charge is 0.313 e. The van der Waals surface area contributed by atoms with Gasteiger partial charge >= 0.3 is 0 Å². The summed E-state index contributed by atoms with van der Waals surface area (Å²) in [6, 6.07) is 37.1. The smallest absolute Gasteiger partial charge is 0.244 e. The first-order valence-corrected chi connectivity index (χ1v) is 16.1. The zero-order valence-corrected chi connectivity index (χ0v) is 24.0. The molecule has 1 saturated heterocycles. The highest BCUT2D eigenvalue weighted by atomic mass is 32.2. The molecule has 0 saturated carbocycles. The highest BCUT2D eigenvalue weighted by Gasteiger charge is 2.40. The predicted octanol–water partition coefficient (Wildman–Crippen LogP) is 6.34. The van der Waals surface area contributed by atoms with E-state index in [1.54, 1.807) is 12.1 Å². The van der Waals surface area contributed by atoms with Crippen molar-refractivity contribution in [3.63, 3.8) is 0 Å². The Morgan fingerprint density at radius 2 is 1.43 bits per heavy atom. The monoisotopic (exact) mass is 570 g/mol. The van der Waals surface area contributed by atoms with Gasteiger partial charge in [0.2, 0.25) is 10.0 Å². The Morgan fingerprint density at radius 3 is 2.10 bits per heavy atom. The van der Waals surface area contributed by atoms with Crippen LogP contribution >= 0.6 is 11.8 Å². The third-order valence-electron chi connectivity index (χ3n) is 7.25. The molecular formula is C33H34N2O3S2. The minimum atomic E-state index is -3.80. The van der Waals surface area contributed by atoms with Crippen molar-refractivity contribution < 1.29 is 13.2 Å². The molecule has 4 aromatic carbocycles. The molecule has 1 fully saturated rings. The van der Waals surface area contributed by atoms with Crippen molar-refractivity contribution in [2.24, 2.45) is 0 Å². The van der Waals surface area contributed by atoms with E-state index in [9.17, 15) is 13.2 Å². The Morgan fingerprint density at radius 1 is 0.825 bits per heavy atom. The van der Waals surface area contributed by atoms with E-state index in [-0.39, 0.29) is 16.6 Å². The van der Waals surface area contributed by atoms with Crippen LogP contribution in [0.3, 0.4) is 0 Å². The van der Waals surface area contributed by atoms with Crippen LogP contribution < -0.4 is 5.32 Å². The van der Waals surface area contributed by atoms with Crippen molar-refractivity contribution >= 4 is 27.6 Å². The number of hydrogen-bond donors (Lipinski definition) is 1. The standard InChI is InChI=1S/C33H34N2O3S2/c36-32(24-30(28-14-8-3-9-15-28)20-21-34-25-26-10-4-1-5-11-26)33-35(22-23-39-33)40(37,38)31-18-16-29(17-19-31)27-12-6-2-7-13-27/h1-19,30,33-34H,20-25H2. The molecule has 0 aliphatic carbocycles. The molecule has 4 aromatic rings. The van der Waals surface area contributed by atoms with Gasteiger partial charge in [-0.15, -0.1) is 11.8 Å². The van der Waals surface area contributed by atoms with E-state index >= 15 is 0 Å². The third kappa shape index (κ3) is 6.91. The lowest BCUT2D eigenvalue weighted by molar-refractivity contribution is -0.120. The summed E-state index contributed by atoms with van der Waals surface area (Å²) in [6.07, 6.45) is 1.08. The summed E-state index contributed by atoms with van der Waals surface area (Å²) >= 11 is 1.42. The molecule has 0 spiro atoms. The molecule has 2 atom stereocenters. The summed E-state index contributed by atoms with van der Waals surface area (Å²) < 4.78 is 28.7. The first-order chi connectivity index (χ1) is 19.5. The topological polar surface area (TPSA) is 66.5 Å². The molecule has 206 valence electrons. The highest BCUT2D eigenvalue weighted by Crippen LogP contribution is 2.34. The van der Waals surface area contributed by atoms with Crippen LogP contribution in [0.4, 0.5) is 0 Å². The number of sulfonamides is 1. The van der Waals surface area contributed by atoms with Gasteiger partial charge in [0.1, 0.15) is 5.37 Å². The second-order valence-corrected chi connectivity index (χ2v) is 13.0. The lowest BCUT2D eigenvalue weighted by Crippen LogP contribution is -2.40. The van der Waals surface area contributed by atoms with Gasteiger partial charge in [-0.05, 0) is 53.3 Å². The van der Waals surface area contributed by atoms with Gasteiger partial charge < -0.3 is 5.32 Å². The van der Waals surface area contributed by atoms with Crippen LogP contribution in [0, 0.1) is 0 Å². The Kier molecular flexibility index (Phi) is 9.49. The van der Waals surface area contributed by atoms with Crippen LogP contribution in [0.1, 0.15) is 29.9 Å². The number of Topliss-reactive ketones (excluding diaryl/α,β-unsaturated/α-hetero) is 1. The van der Waals surface area contributed by atoms with Gasteiger partial charge in [-0.2, -0.15) is 4.31 Å². The Bertz CT molecular complexity index is 1480. The zero-order valence-electron chi connectivity index (χ0n) is 22.4. The van der Waals surface area contributed by atoms with E-state index in [1.165, 1.54) is 21.6 Å². The van der Waals surface area contributed by atoms with Crippen molar-refractivity contribution in [2.45, 2.75) is 35.6 Å². The summed E-state index contributed by atoms with van der Waals surface area (Å²) in [5, 5.41) is 2.79. The quantitative estimate of drug-likeness (QED) is 0.201. The van der Waals surface area contributed by atoms with E-state index < -0.39 is 15.4 Å². The number of ketones is 1. The minimum Gasteiger partial charge on any atom is -0.313 e. The van der Waals surface area contributed by atoms with Crippen molar-refractivity contribution in [3.05, 3.63) is 126 Å². The van der Waals surface area contributed by atoms with Crippen molar-refractivity contribution in [3.8, 4) is 11.1 Å². The maximum Gasteiger partial charge on any atom is 0.244 e. The number of rotatable bonds is 12. The number of nitrogens with zero attached hydrogens (tertiary/aromatic N) is 1. The van der Waals surface area contributed by atoms with E-state index in [0.29, 0.717) is 18.7 Å². The fourth-order valence-corrected chi connectivity index (χ4v) is 8.27. The maximum atomic E-state index is 13.7. The van der Waals surface area contributed by atoms with E-state index in [2.05, 4.69) is 29.6 Å². The second-order valence-electron chi connectivity index (χ2n) is 9.96. The fourth-order valence-electron chi connectivity index (χ4n) is 5.10. The van der Waals surface area contributed by atoms with Crippen LogP contribution in [0.5, 0.6) is 0 Å². The molecule has 5 nitrogen and oxygen atoms in total. The molecule has 1 N–H and O–H groups in total. The van der Waals surface area contributed by atoms with Crippen LogP contribution in [0.25, 0.3) is 11.1 Å². The first-order valence-electron chi connectivity index (χ1n) is 13.6. The SMILES string of the molecule is O=C(CC(CCNCc1ccccc1)c1ccccc1)C1SCCN1S(=O)(=O)c1ccc(-c2ccccc2)cc1. The van der Waals surface area contributed by atoms with Gasteiger partial charge in [-0.1, -0.05) is 103 Å². The van der Waals surface area contributed by atoms with Crippen molar-refractivity contribution in [2.75, 3.05) is 18.8 Å². The average molecular weight is 571 g/mol. The van der Waals surface area contributed by atoms with E-state index in [0.717, 1.165) is 36.2 Å². The summed E-state index contributed by atoms with van der Waals surface area (Å²) in [7, 11) is -3.80. The van der Waals surface area contributed by atoms with Gasteiger partial charge in [0, 0.05) is 25.3 Å². The summed E-state index contributed by atoms with van der Waals surface area (Å²) in [5.74, 6) is 0.573. The molecule has 0 amide bonds. The van der Waals surface area contributed by atoms with Gasteiger partial charge in [0.15, 0.2) is 5.78 Å². The van der Waals surface area contributed by atoms with E-state index in [1.807, 2.05) is 78.9 Å². The summed E-state index contributed by atoms with van der Waals surface area (Å²) in [5.41, 5.74) is 4.30. The Hall–Kier alpha value is -3.23. The van der Waals surface area contributed by atoms with Gasteiger partial charge in [-0.25, -0.2) is 8.42 Å². The fraction of sp³-hybridized carbons (Fsp3) is 0.242. The average Bonchev–Trinajstić information content (AvgIpc) is 3.52. The zero-order chi connectivity index (χ0) is 27.8. The molecule has 0 radical (unpaired) electrons. The van der Waals surface area contributed by atoms with Crippen LogP contribution in [0.2, 0.25) is 0 Å². The van der Waals surface area contributed by atoms with Crippen molar-refractivity contribution in [1.29, 1.82) is 0 Å². The van der Waals surface area contributed by atoms with E-state index in [4.69, 9.17) is 0 Å². The molecule has 5 rings (SSSR count). The minimum absolute atomic E-state index is 0.00730. The molecule has 1 aliphatic heterocycles. The summed E-state index contributed by atoms with van der Waals surface area (Å²) in [4.78, 5) is 13.9. The Labute approximate surface area is 241 Å². The summed E-state index contributed by atoms with van der Waals surface area (Å²) in [6.45, 7) is 1.86. The molecule has 40 heavy (non-hydrogen) atoms. The number of nitrogens with one attached hydrogen (secondary N) is 1. The number of thioether (sulfide) groups is 1. The highest BCUT2D eigenvalue weighted by molar-refractivity contribution is 8.02. The molecule has 0 bridgehead atoms.